The molecular formula is C14H15Br2NO2. The van der Waals surface area contributed by atoms with E-state index in [0.29, 0.717) is 24.4 Å². The zero-order valence-corrected chi connectivity index (χ0v) is 13.8. The number of likely N-dealkylation sites (tertiary alicyclic amines) is 1. The average Bonchev–Trinajstić information content (AvgIpc) is 2.68. The summed E-state index contributed by atoms with van der Waals surface area (Å²) in [5.41, 5.74) is 0.534. The topological polar surface area (TPSA) is 37.4 Å². The van der Waals surface area contributed by atoms with E-state index in [1.807, 2.05) is 6.07 Å². The fraction of sp³-hybridized carbons (Fsp3) is 0.429. The highest BCUT2D eigenvalue weighted by Crippen LogP contribution is 2.26. The van der Waals surface area contributed by atoms with E-state index in [1.54, 1.807) is 12.1 Å². The van der Waals surface area contributed by atoms with Crippen LogP contribution in [-0.4, -0.2) is 23.3 Å². The fourth-order valence-electron chi connectivity index (χ4n) is 2.41. The molecule has 1 fully saturated rings. The number of carbonyl (C=O) groups is 2. The van der Waals surface area contributed by atoms with E-state index < -0.39 is 0 Å². The van der Waals surface area contributed by atoms with Crippen LogP contribution < -0.4 is 0 Å². The molecule has 0 radical (unpaired) electrons. The monoisotopic (exact) mass is 387 g/mol. The standard InChI is InChI=1S/C14H15Br2NO2/c1-2-3-9-4-13(18)17(8-9)14(19)10-5-11(15)7-12(16)6-10/h5-7,9H,2-4,8H2,1H3. The maximum Gasteiger partial charge on any atom is 0.260 e. The highest BCUT2D eigenvalue weighted by atomic mass is 79.9. The van der Waals surface area contributed by atoms with Crippen molar-refractivity contribution in [2.45, 2.75) is 26.2 Å². The van der Waals surface area contributed by atoms with Gasteiger partial charge in [0.1, 0.15) is 0 Å². The first kappa shape index (κ1) is 14.7. The molecule has 0 saturated carbocycles. The molecule has 0 N–H and O–H groups in total. The van der Waals surface area contributed by atoms with E-state index in [0.717, 1.165) is 21.8 Å². The maximum atomic E-state index is 12.4. The van der Waals surface area contributed by atoms with Crippen LogP contribution in [0.5, 0.6) is 0 Å². The number of imide groups is 1. The number of rotatable bonds is 3. The van der Waals surface area contributed by atoms with Crippen LogP contribution >= 0.6 is 31.9 Å². The predicted molar refractivity (Wildman–Crippen MR) is 80.9 cm³/mol. The van der Waals surface area contributed by atoms with Crippen LogP contribution in [0.15, 0.2) is 27.1 Å². The molecular weight excluding hydrogens is 374 g/mol. The van der Waals surface area contributed by atoms with Gasteiger partial charge in [-0.15, -0.1) is 0 Å². The van der Waals surface area contributed by atoms with Crippen LogP contribution in [0.1, 0.15) is 36.5 Å². The van der Waals surface area contributed by atoms with Gasteiger partial charge in [-0.1, -0.05) is 45.2 Å². The SMILES string of the molecule is CCCC1CC(=O)N(C(=O)c2cc(Br)cc(Br)c2)C1. The Morgan fingerprint density at radius 1 is 1.32 bits per heavy atom. The predicted octanol–water partition coefficient (Wildman–Crippen LogP) is 4.00. The van der Waals surface area contributed by atoms with Crippen LogP contribution in [0.3, 0.4) is 0 Å². The average molecular weight is 389 g/mol. The minimum atomic E-state index is -0.203. The minimum absolute atomic E-state index is 0.0560. The highest BCUT2D eigenvalue weighted by Gasteiger charge is 2.33. The molecule has 2 rings (SSSR count). The molecule has 1 heterocycles. The first-order chi connectivity index (χ1) is 9.01. The van der Waals surface area contributed by atoms with Crippen LogP contribution in [-0.2, 0) is 4.79 Å². The fourth-order valence-corrected chi connectivity index (χ4v) is 3.71. The zero-order valence-electron chi connectivity index (χ0n) is 10.7. The van der Waals surface area contributed by atoms with Crippen molar-refractivity contribution in [3.8, 4) is 0 Å². The van der Waals surface area contributed by atoms with Gasteiger partial charge in [-0.2, -0.15) is 0 Å². The lowest BCUT2D eigenvalue weighted by atomic mass is 10.0. The summed E-state index contributed by atoms with van der Waals surface area (Å²) in [5.74, 6) is 0.0576. The summed E-state index contributed by atoms with van der Waals surface area (Å²) in [7, 11) is 0. The summed E-state index contributed by atoms with van der Waals surface area (Å²) in [4.78, 5) is 25.7. The smallest absolute Gasteiger partial charge is 0.260 e. The van der Waals surface area contributed by atoms with Gasteiger partial charge >= 0.3 is 0 Å². The van der Waals surface area contributed by atoms with Crippen LogP contribution in [0, 0.1) is 5.92 Å². The van der Waals surface area contributed by atoms with Crippen LogP contribution in [0.4, 0.5) is 0 Å². The molecule has 0 aliphatic carbocycles. The van der Waals surface area contributed by atoms with Crippen molar-refractivity contribution in [1.29, 1.82) is 0 Å². The van der Waals surface area contributed by atoms with Crippen molar-refractivity contribution in [3.05, 3.63) is 32.7 Å². The summed E-state index contributed by atoms with van der Waals surface area (Å²) in [6.45, 7) is 2.65. The van der Waals surface area contributed by atoms with Gasteiger partial charge in [0.2, 0.25) is 5.91 Å². The van der Waals surface area contributed by atoms with E-state index in [2.05, 4.69) is 38.8 Å². The molecule has 19 heavy (non-hydrogen) atoms. The van der Waals surface area contributed by atoms with E-state index in [1.165, 1.54) is 4.90 Å². The second-order valence-corrected chi connectivity index (χ2v) is 6.66. The zero-order chi connectivity index (χ0) is 14.0. The summed E-state index contributed by atoms with van der Waals surface area (Å²) in [5, 5.41) is 0. The van der Waals surface area contributed by atoms with Gasteiger partial charge < -0.3 is 0 Å². The molecule has 0 bridgehead atoms. The highest BCUT2D eigenvalue weighted by molar-refractivity contribution is 9.11. The van der Waals surface area contributed by atoms with Crippen molar-refractivity contribution < 1.29 is 9.59 Å². The molecule has 1 aliphatic rings. The number of carbonyl (C=O) groups excluding carboxylic acids is 2. The minimum Gasteiger partial charge on any atom is -0.278 e. The van der Waals surface area contributed by atoms with Crippen molar-refractivity contribution in [2.75, 3.05) is 6.54 Å². The van der Waals surface area contributed by atoms with E-state index in [-0.39, 0.29) is 11.8 Å². The van der Waals surface area contributed by atoms with Gasteiger partial charge in [-0.05, 0) is 30.5 Å². The molecule has 1 saturated heterocycles. The lowest BCUT2D eigenvalue weighted by Gasteiger charge is -2.15. The van der Waals surface area contributed by atoms with Gasteiger partial charge in [-0.3, -0.25) is 14.5 Å². The van der Waals surface area contributed by atoms with Crippen molar-refractivity contribution >= 4 is 43.7 Å². The van der Waals surface area contributed by atoms with Gasteiger partial charge in [0.25, 0.3) is 5.91 Å². The molecule has 0 aromatic heterocycles. The molecule has 2 amide bonds. The Kier molecular flexibility index (Phi) is 4.79. The van der Waals surface area contributed by atoms with Gasteiger partial charge in [0.05, 0.1) is 0 Å². The lowest BCUT2D eigenvalue weighted by molar-refractivity contribution is -0.125. The maximum absolute atomic E-state index is 12.4. The Morgan fingerprint density at radius 2 is 1.95 bits per heavy atom. The van der Waals surface area contributed by atoms with Gasteiger partial charge in [-0.25, -0.2) is 0 Å². The third-order valence-corrected chi connectivity index (χ3v) is 4.17. The van der Waals surface area contributed by atoms with Crippen LogP contribution in [0.25, 0.3) is 0 Å². The quantitative estimate of drug-likeness (QED) is 0.734. The van der Waals surface area contributed by atoms with Crippen LogP contribution in [0.2, 0.25) is 0 Å². The summed E-state index contributed by atoms with van der Waals surface area (Å²) in [6, 6.07) is 5.35. The second kappa shape index (κ2) is 6.18. The summed E-state index contributed by atoms with van der Waals surface area (Å²) < 4.78 is 1.64. The Balaban J connectivity index is 2.18. The third-order valence-electron chi connectivity index (χ3n) is 3.26. The summed E-state index contributed by atoms with van der Waals surface area (Å²) in [6.07, 6.45) is 2.54. The number of hydrogen-bond donors (Lipinski definition) is 0. The molecule has 0 spiro atoms. The third kappa shape index (κ3) is 3.45. The molecule has 1 aromatic carbocycles. The van der Waals surface area contributed by atoms with Crippen molar-refractivity contribution in [1.82, 2.24) is 4.90 Å². The largest absolute Gasteiger partial charge is 0.278 e. The molecule has 1 aliphatic heterocycles. The molecule has 1 atom stereocenters. The molecule has 1 unspecified atom stereocenters. The Bertz CT molecular complexity index is 496. The van der Waals surface area contributed by atoms with E-state index in [4.69, 9.17) is 0 Å². The van der Waals surface area contributed by atoms with Gasteiger partial charge in [0.15, 0.2) is 0 Å². The van der Waals surface area contributed by atoms with Crippen molar-refractivity contribution in [3.63, 3.8) is 0 Å². The number of hydrogen-bond acceptors (Lipinski definition) is 2. The Hall–Kier alpha value is -0.680. The molecule has 1 aromatic rings. The first-order valence-corrected chi connectivity index (χ1v) is 7.90. The second-order valence-electron chi connectivity index (χ2n) is 4.83. The number of nitrogens with zero attached hydrogens (tertiary/aromatic N) is 1. The number of amides is 2. The summed E-state index contributed by atoms with van der Waals surface area (Å²) >= 11 is 6.71. The lowest BCUT2D eigenvalue weighted by Crippen LogP contribution is -2.32. The van der Waals surface area contributed by atoms with E-state index >= 15 is 0 Å². The van der Waals surface area contributed by atoms with Gasteiger partial charge in [0, 0.05) is 27.5 Å². The Morgan fingerprint density at radius 3 is 2.53 bits per heavy atom. The molecule has 102 valence electrons. The number of benzene rings is 1. The molecule has 3 nitrogen and oxygen atoms in total. The first-order valence-electron chi connectivity index (χ1n) is 6.32. The van der Waals surface area contributed by atoms with Crippen molar-refractivity contribution in [2.24, 2.45) is 5.92 Å². The normalized spacial score (nSPS) is 19.0. The number of halogens is 2. The Labute approximate surface area is 129 Å². The van der Waals surface area contributed by atoms with E-state index in [9.17, 15) is 9.59 Å². The molecule has 5 heteroatoms.